The van der Waals surface area contributed by atoms with Gasteiger partial charge in [0.1, 0.15) is 17.0 Å². The van der Waals surface area contributed by atoms with Gasteiger partial charge in [0, 0.05) is 30.7 Å². The normalized spacial score (nSPS) is 25.8. The summed E-state index contributed by atoms with van der Waals surface area (Å²) in [6.07, 6.45) is 11.2. The second-order valence-corrected chi connectivity index (χ2v) is 11.7. The Kier molecular flexibility index (Phi) is 6.44. The Morgan fingerprint density at radius 2 is 2.16 bits per heavy atom. The van der Waals surface area contributed by atoms with E-state index in [0.717, 1.165) is 67.3 Å². The molecular formula is C28H33N5O3S. The van der Waals surface area contributed by atoms with Crippen molar-refractivity contribution >= 4 is 27.9 Å². The Hall–Kier alpha value is -2.91. The molecule has 4 heterocycles. The molecule has 194 valence electrons. The molecular weight excluding hydrogens is 486 g/mol. The number of allylic oxidation sites excluding steroid dienone is 1. The predicted octanol–water partition coefficient (Wildman–Crippen LogP) is 5.09. The van der Waals surface area contributed by atoms with Crippen molar-refractivity contribution in [2.24, 2.45) is 11.8 Å². The van der Waals surface area contributed by atoms with Crippen LogP contribution >= 0.6 is 11.8 Å². The number of carbonyl (C=O) groups is 1. The highest BCUT2D eigenvalue weighted by molar-refractivity contribution is 8.14. The van der Waals surface area contributed by atoms with Crippen molar-refractivity contribution in [2.45, 2.75) is 62.0 Å². The van der Waals surface area contributed by atoms with Crippen LogP contribution in [0.15, 0.2) is 49.3 Å². The summed E-state index contributed by atoms with van der Waals surface area (Å²) < 4.78 is 7.34. The number of amides is 1. The fourth-order valence-electron chi connectivity index (χ4n) is 6.42. The van der Waals surface area contributed by atoms with Gasteiger partial charge in [-0.1, -0.05) is 35.9 Å². The minimum Gasteiger partial charge on any atom is -0.497 e. The molecule has 1 N–H and O–H groups in total. The molecule has 6 rings (SSSR count). The highest BCUT2D eigenvalue weighted by Crippen LogP contribution is 2.50. The molecule has 4 atom stereocenters. The molecule has 0 spiro atoms. The molecule has 1 aliphatic carbocycles. The maximum absolute atomic E-state index is 13.0. The van der Waals surface area contributed by atoms with Crippen molar-refractivity contribution in [3.63, 3.8) is 0 Å². The minimum atomic E-state index is -0.835. The summed E-state index contributed by atoms with van der Waals surface area (Å²) in [6, 6.07) is 8.09. The van der Waals surface area contributed by atoms with Crippen molar-refractivity contribution in [1.29, 1.82) is 0 Å². The number of nitrogens with zero attached hydrogens (tertiary/aromatic N) is 5. The molecule has 0 radical (unpaired) electrons. The van der Waals surface area contributed by atoms with Crippen LogP contribution < -0.4 is 4.74 Å². The average molecular weight is 520 g/mol. The molecule has 3 aromatic rings. The molecule has 8 nitrogen and oxygen atoms in total. The van der Waals surface area contributed by atoms with Crippen molar-refractivity contribution in [3.05, 3.63) is 60.6 Å². The van der Waals surface area contributed by atoms with Crippen molar-refractivity contribution in [1.82, 2.24) is 24.9 Å². The maximum Gasteiger partial charge on any atom is 0.282 e. The number of aliphatic hydroxyl groups is 1. The Bertz CT molecular complexity index is 1320. The predicted molar refractivity (Wildman–Crippen MR) is 143 cm³/mol. The lowest BCUT2D eigenvalue weighted by Gasteiger charge is -2.39. The van der Waals surface area contributed by atoms with E-state index in [1.54, 1.807) is 7.11 Å². The number of thioether (sulfide) groups is 1. The molecule has 1 saturated carbocycles. The van der Waals surface area contributed by atoms with Crippen LogP contribution in [-0.2, 0) is 12.1 Å². The SMILES string of the molecule is C=CC(Cn1cc(C2(O)CCCC2)nn1)C1CCN2C(=O)SC(c3ccnc4ccc(OC)cc34)C2C1. The maximum atomic E-state index is 13.0. The second kappa shape index (κ2) is 9.76. The van der Waals surface area contributed by atoms with E-state index in [9.17, 15) is 9.90 Å². The largest absolute Gasteiger partial charge is 0.497 e. The van der Waals surface area contributed by atoms with Gasteiger partial charge in [-0.25, -0.2) is 0 Å². The van der Waals surface area contributed by atoms with Gasteiger partial charge in [-0.15, -0.1) is 11.7 Å². The summed E-state index contributed by atoms with van der Waals surface area (Å²) in [7, 11) is 1.67. The first kappa shape index (κ1) is 24.4. The first-order chi connectivity index (χ1) is 18.0. The van der Waals surface area contributed by atoms with E-state index in [4.69, 9.17) is 4.74 Å². The fourth-order valence-corrected chi connectivity index (χ4v) is 7.75. The van der Waals surface area contributed by atoms with E-state index in [2.05, 4.69) is 32.8 Å². The molecule has 3 aliphatic rings. The smallest absolute Gasteiger partial charge is 0.282 e. The summed E-state index contributed by atoms with van der Waals surface area (Å²) in [5, 5.41) is 20.8. The lowest BCUT2D eigenvalue weighted by atomic mass is 9.79. The second-order valence-electron chi connectivity index (χ2n) is 10.6. The summed E-state index contributed by atoms with van der Waals surface area (Å²) in [5.41, 5.74) is 1.89. The average Bonchev–Trinajstić information content (AvgIpc) is 3.66. The quantitative estimate of drug-likeness (QED) is 0.435. The molecule has 9 heteroatoms. The van der Waals surface area contributed by atoms with E-state index in [1.807, 2.05) is 41.4 Å². The Morgan fingerprint density at radius 1 is 1.32 bits per heavy atom. The number of piperidine rings is 1. The molecule has 2 saturated heterocycles. The van der Waals surface area contributed by atoms with Gasteiger partial charge in [-0.3, -0.25) is 14.5 Å². The van der Waals surface area contributed by atoms with Crippen LogP contribution in [0, 0.1) is 11.8 Å². The number of benzene rings is 1. The highest BCUT2D eigenvalue weighted by atomic mass is 32.2. The zero-order valence-corrected chi connectivity index (χ0v) is 21.9. The minimum absolute atomic E-state index is 0.0351. The first-order valence-electron chi connectivity index (χ1n) is 13.1. The summed E-state index contributed by atoms with van der Waals surface area (Å²) in [6.45, 7) is 5.57. The van der Waals surface area contributed by atoms with Crippen molar-refractivity contribution < 1.29 is 14.6 Å². The molecule has 0 bridgehead atoms. The van der Waals surface area contributed by atoms with Crippen LogP contribution in [0.2, 0.25) is 0 Å². The molecule has 4 unspecified atom stereocenters. The first-order valence-corrected chi connectivity index (χ1v) is 14.0. The van der Waals surface area contributed by atoms with E-state index in [0.29, 0.717) is 18.2 Å². The molecule has 2 aliphatic heterocycles. The van der Waals surface area contributed by atoms with E-state index in [1.165, 1.54) is 11.8 Å². The van der Waals surface area contributed by atoms with Gasteiger partial charge in [0.15, 0.2) is 0 Å². The van der Waals surface area contributed by atoms with Gasteiger partial charge < -0.3 is 14.7 Å². The third-order valence-corrected chi connectivity index (χ3v) is 9.80. The molecule has 1 aromatic carbocycles. The van der Waals surface area contributed by atoms with Crippen LogP contribution in [0.25, 0.3) is 10.9 Å². The number of carbonyl (C=O) groups excluding carboxylic acids is 1. The Balaban J connectivity index is 1.23. The van der Waals surface area contributed by atoms with Gasteiger partial charge in [0.25, 0.3) is 5.24 Å². The van der Waals surface area contributed by atoms with Crippen molar-refractivity contribution in [2.75, 3.05) is 13.7 Å². The number of pyridine rings is 1. The zero-order chi connectivity index (χ0) is 25.6. The number of rotatable bonds is 7. The van der Waals surface area contributed by atoms with Crippen molar-refractivity contribution in [3.8, 4) is 5.75 Å². The van der Waals surface area contributed by atoms with Gasteiger partial charge >= 0.3 is 0 Å². The molecule has 1 amide bonds. The highest BCUT2D eigenvalue weighted by Gasteiger charge is 2.46. The van der Waals surface area contributed by atoms with Gasteiger partial charge in [0.05, 0.1) is 24.1 Å². The van der Waals surface area contributed by atoms with Crippen LogP contribution in [0.5, 0.6) is 5.75 Å². The lowest BCUT2D eigenvalue weighted by molar-refractivity contribution is 0.0398. The van der Waals surface area contributed by atoms with Crippen LogP contribution in [0.1, 0.15) is 55.0 Å². The zero-order valence-electron chi connectivity index (χ0n) is 21.1. The topological polar surface area (TPSA) is 93.4 Å². The molecule has 2 aromatic heterocycles. The van der Waals surface area contributed by atoms with Crippen LogP contribution in [0.4, 0.5) is 4.79 Å². The van der Waals surface area contributed by atoms with E-state index in [-0.39, 0.29) is 22.4 Å². The number of hydrogen-bond acceptors (Lipinski definition) is 7. The Labute approximate surface area is 221 Å². The molecule has 37 heavy (non-hydrogen) atoms. The summed E-state index contributed by atoms with van der Waals surface area (Å²) in [4.78, 5) is 19.6. The monoisotopic (exact) mass is 519 g/mol. The van der Waals surface area contributed by atoms with Crippen LogP contribution in [-0.4, -0.2) is 54.9 Å². The Morgan fingerprint density at radius 3 is 2.95 bits per heavy atom. The lowest BCUT2D eigenvalue weighted by Crippen LogP contribution is -2.43. The van der Waals surface area contributed by atoms with E-state index < -0.39 is 5.60 Å². The summed E-state index contributed by atoms with van der Waals surface area (Å²) >= 11 is 1.43. The van der Waals surface area contributed by atoms with Crippen LogP contribution in [0.3, 0.4) is 0 Å². The van der Waals surface area contributed by atoms with Gasteiger partial charge in [0.2, 0.25) is 0 Å². The number of ether oxygens (including phenoxy) is 1. The third kappa shape index (κ3) is 4.42. The number of fused-ring (bicyclic) bond motifs is 2. The summed E-state index contributed by atoms with van der Waals surface area (Å²) in [5.74, 6) is 1.36. The number of aromatic nitrogens is 4. The fraction of sp³-hybridized carbons (Fsp3) is 0.500. The standard InChI is InChI=1S/C28H33N5O3S/c1-3-18(16-32-17-25(30-31-32)28(35)10-4-5-11-28)19-9-13-33-24(14-19)26(37-27(33)34)21-8-12-29-23-7-6-20(36-2)15-22(21)23/h3,6-8,12,15,17-19,24,26,35H,1,4-5,9-11,13-14,16H2,2H3. The van der Waals surface area contributed by atoms with Gasteiger partial charge in [-0.2, -0.15) is 0 Å². The van der Waals surface area contributed by atoms with E-state index >= 15 is 0 Å². The number of hydrogen-bond donors (Lipinski definition) is 1. The number of methoxy groups -OCH3 is 1. The molecule has 3 fully saturated rings. The third-order valence-electron chi connectivity index (χ3n) is 8.54. The van der Waals surface area contributed by atoms with Gasteiger partial charge in [-0.05, 0) is 67.3 Å².